The lowest BCUT2D eigenvalue weighted by Crippen LogP contribution is -2.04. The minimum absolute atomic E-state index is 0.0472. The van der Waals surface area contributed by atoms with Gasteiger partial charge in [0, 0.05) is 11.1 Å². The first-order valence-corrected chi connectivity index (χ1v) is 6.44. The van der Waals surface area contributed by atoms with E-state index in [2.05, 4.69) is 0 Å². The molecule has 0 saturated heterocycles. The second-order valence-corrected chi connectivity index (χ2v) is 4.58. The Morgan fingerprint density at radius 1 is 1.14 bits per heavy atom. The van der Waals surface area contributed by atoms with Crippen molar-refractivity contribution in [2.24, 2.45) is 0 Å². The number of methoxy groups -OCH3 is 1. The number of rotatable bonds is 5. The number of aliphatic hydroxyl groups excluding tert-OH is 1. The van der Waals surface area contributed by atoms with Crippen LogP contribution in [0.15, 0.2) is 36.4 Å². The van der Waals surface area contributed by atoms with Crippen LogP contribution >= 0.6 is 0 Å². The van der Waals surface area contributed by atoms with Gasteiger partial charge in [0.15, 0.2) is 11.6 Å². The molecular weight excluding hydrogens is 278 g/mol. The van der Waals surface area contributed by atoms with Crippen LogP contribution in [0.2, 0.25) is 0 Å². The molecule has 0 amide bonds. The average molecular weight is 294 g/mol. The topological polar surface area (TPSA) is 38.7 Å². The number of aliphatic hydroxyl groups is 1. The number of hydrogen-bond acceptors (Lipinski definition) is 3. The summed E-state index contributed by atoms with van der Waals surface area (Å²) in [6.07, 6.45) is -0.883. The normalized spacial score (nSPS) is 12.0. The fourth-order valence-corrected chi connectivity index (χ4v) is 1.96. The summed E-state index contributed by atoms with van der Waals surface area (Å²) in [5.74, 6) is -0.522. The molecule has 3 nitrogen and oxygen atoms in total. The molecule has 1 atom stereocenters. The van der Waals surface area contributed by atoms with Crippen LogP contribution in [0.4, 0.5) is 8.78 Å². The highest BCUT2D eigenvalue weighted by Gasteiger charge is 2.13. The van der Waals surface area contributed by atoms with Crippen LogP contribution in [0.1, 0.15) is 24.2 Å². The molecule has 0 aliphatic heterocycles. The quantitative estimate of drug-likeness (QED) is 0.915. The Morgan fingerprint density at radius 3 is 2.57 bits per heavy atom. The molecule has 0 radical (unpaired) electrons. The smallest absolute Gasteiger partial charge is 0.171 e. The minimum Gasteiger partial charge on any atom is -0.494 e. The molecule has 5 heteroatoms. The predicted octanol–water partition coefficient (Wildman–Crippen LogP) is 3.61. The fourth-order valence-electron chi connectivity index (χ4n) is 1.96. The van der Waals surface area contributed by atoms with E-state index in [1.54, 1.807) is 12.1 Å². The van der Waals surface area contributed by atoms with Crippen LogP contribution in [0, 0.1) is 11.6 Å². The predicted molar refractivity (Wildman–Crippen MR) is 74.3 cm³/mol. The van der Waals surface area contributed by atoms with Crippen molar-refractivity contribution in [2.75, 3.05) is 7.11 Å². The van der Waals surface area contributed by atoms with Gasteiger partial charge < -0.3 is 14.6 Å². The highest BCUT2D eigenvalue weighted by atomic mass is 19.1. The Kier molecular flexibility index (Phi) is 4.75. The molecule has 0 heterocycles. The Hall–Kier alpha value is -2.14. The van der Waals surface area contributed by atoms with Gasteiger partial charge in [0.2, 0.25) is 0 Å². The summed E-state index contributed by atoms with van der Waals surface area (Å²) >= 11 is 0. The summed E-state index contributed by atoms with van der Waals surface area (Å²) in [7, 11) is 1.38. The molecule has 1 N–H and O–H groups in total. The molecule has 0 bridgehead atoms. The fraction of sp³-hybridized carbons (Fsp3) is 0.250. The van der Waals surface area contributed by atoms with E-state index >= 15 is 0 Å². The summed E-state index contributed by atoms with van der Waals surface area (Å²) in [6.45, 7) is 1.46. The van der Waals surface area contributed by atoms with E-state index in [4.69, 9.17) is 9.47 Å². The highest BCUT2D eigenvalue weighted by molar-refractivity contribution is 5.36. The Morgan fingerprint density at radius 2 is 1.90 bits per heavy atom. The Balaban J connectivity index is 2.21. The third-order valence-electron chi connectivity index (χ3n) is 3.07. The lowest BCUT2D eigenvalue weighted by molar-refractivity contribution is 0.189. The van der Waals surface area contributed by atoms with Crippen molar-refractivity contribution in [3.8, 4) is 11.5 Å². The first kappa shape index (κ1) is 15.3. The van der Waals surface area contributed by atoms with Gasteiger partial charge in [-0.2, -0.15) is 0 Å². The van der Waals surface area contributed by atoms with Gasteiger partial charge in [-0.05, 0) is 31.2 Å². The summed E-state index contributed by atoms with van der Waals surface area (Å²) in [5.41, 5.74) is 0.633. The maximum Gasteiger partial charge on any atom is 0.171 e. The highest BCUT2D eigenvalue weighted by Crippen LogP contribution is 2.28. The molecular formula is C16H16F2O3. The zero-order chi connectivity index (χ0) is 15.4. The van der Waals surface area contributed by atoms with Gasteiger partial charge in [-0.1, -0.05) is 12.1 Å². The Bertz CT molecular complexity index is 627. The largest absolute Gasteiger partial charge is 0.494 e. The lowest BCUT2D eigenvalue weighted by Gasteiger charge is -2.14. The van der Waals surface area contributed by atoms with Crippen LogP contribution in [0.25, 0.3) is 0 Å². The third kappa shape index (κ3) is 3.49. The molecule has 0 aliphatic rings. The van der Waals surface area contributed by atoms with Crippen LogP contribution in [-0.2, 0) is 6.61 Å². The van der Waals surface area contributed by atoms with Gasteiger partial charge in [0.05, 0.1) is 13.2 Å². The monoisotopic (exact) mass is 294 g/mol. The van der Waals surface area contributed by atoms with Crippen LogP contribution in [-0.4, -0.2) is 12.2 Å². The van der Waals surface area contributed by atoms with E-state index in [0.29, 0.717) is 16.9 Å². The summed E-state index contributed by atoms with van der Waals surface area (Å²) in [4.78, 5) is 0. The summed E-state index contributed by atoms with van der Waals surface area (Å²) in [6, 6.07) is 8.57. The Labute approximate surface area is 121 Å². The first-order chi connectivity index (χ1) is 10.0. The van der Waals surface area contributed by atoms with E-state index < -0.39 is 17.7 Å². The van der Waals surface area contributed by atoms with E-state index in [9.17, 15) is 13.9 Å². The molecule has 2 rings (SSSR count). The molecule has 112 valence electrons. The lowest BCUT2D eigenvalue weighted by atomic mass is 10.1. The van der Waals surface area contributed by atoms with E-state index in [0.717, 1.165) is 0 Å². The SMILES string of the molecule is COc1cccc(COc2ccc(F)cc2[C@@H](C)O)c1F. The van der Waals surface area contributed by atoms with Gasteiger partial charge >= 0.3 is 0 Å². The number of benzene rings is 2. The number of halogens is 2. The van der Waals surface area contributed by atoms with E-state index in [1.165, 1.54) is 38.3 Å². The van der Waals surface area contributed by atoms with Gasteiger partial charge in [-0.3, -0.25) is 0 Å². The van der Waals surface area contributed by atoms with E-state index in [-0.39, 0.29) is 12.4 Å². The van der Waals surface area contributed by atoms with Crippen molar-refractivity contribution in [1.82, 2.24) is 0 Å². The molecule has 0 unspecified atom stereocenters. The molecule has 0 saturated carbocycles. The summed E-state index contributed by atoms with van der Waals surface area (Å²) < 4.78 is 37.6. The second kappa shape index (κ2) is 6.54. The third-order valence-corrected chi connectivity index (χ3v) is 3.07. The van der Waals surface area contributed by atoms with Crippen molar-refractivity contribution in [3.05, 3.63) is 59.2 Å². The van der Waals surface area contributed by atoms with Crippen LogP contribution in [0.5, 0.6) is 11.5 Å². The maximum absolute atomic E-state index is 14.0. The maximum atomic E-state index is 14.0. The molecule has 0 aliphatic carbocycles. The standard InChI is InChI=1S/C16H16F2O3/c1-10(19)13-8-12(17)6-7-14(13)21-9-11-4-3-5-15(20-2)16(11)18/h3-8,10,19H,9H2,1-2H3/t10-/m1/s1. The number of hydrogen-bond donors (Lipinski definition) is 1. The van der Waals surface area contributed by atoms with Gasteiger partial charge in [-0.15, -0.1) is 0 Å². The minimum atomic E-state index is -0.883. The summed E-state index contributed by atoms with van der Waals surface area (Å²) in [5, 5.41) is 9.62. The first-order valence-electron chi connectivity index (χ1n) is 6.44. The van der Waals surface area contributed by atoms with Crippen molar-refractivity contribution in [2.45, 2.75) is 19.6 Å². The molecule has 0 fully saturated rings. The number of ether oxygens (including phenoxy) is 2. The van der Waals surface area contributed by atoms with Gasteiger partial charge in [-0.25, -0.2) is 8.78 Å². The molecule has 21 heavy (non-hydrogen) atoms. The molecule has 0 aromatic heterocycles. The molecule has 0 spiro atoms. The van der Waals surface area contributed by atoms with Crippen molar-refractivity contribution in [3.63, 3.8) is 0 Å². The van der Waals surface area contributed by atoms with Crippen molar-refractivity contribution < 1.29 is 23.4 Å². The van der Waals surface area contributed by atoms with Gasteiger partial charge in [0.1, 0.15) is 18.2 Å². The van der Waals surface area contributed by atoms with E-state index in [1.807, 2.05) is 0 Å². The zero-order valence-corrected chi connectivity index (χ0v) is 11.8. The molecule has 2 aromatic carbocycles. The van der Waals surface area contributed by atoms with Crippen molar-refractivity contribution in [1.29, 1.82) is 0 Å². The molecule has 2 aromatic rings. The van der Waals surface area contributed by atoms with Crippen LogP contribution < -0.4 is 9.47 Å². The zero-order valence-electron chi connectivity index (χ0n) is 11.8. The second-order valence-electron chi connectivity index (χ2n) is 4.58. The van der Waals surface area contributed by atoms with Crippen molar-refractivity contribution >= 4 is 0 Å². The van der Waals surface area contributed by atoms with Gasteiger partial charge in [0.25, 0.3) is 0 Å². The van der Waals surface area contributed by atoms with Crippen LogP contribution in [0.3, 0.4) is 0 Å². The average Bonchev–Trinajstić information content (AvgIpc) is 2.47.